The number of piperazine rings is 1. The molecule has 1 aliphatic heterocycles. The maximum absolute atomic E-state index is 12.0. The predicted molar refractivity (Wildman–Crippen MR) is 77.4 cm³/mol. The van der Waals surface area contributed by atoms with Gasteiger partial charge in [-0.05, 0) is 13.0 Å². The van der Waals surface area contributed by atoms with Gasteiger partial charge in [-0.25, -0.2) is 9.78 Å². The number of amides is 2. The highest BCUT2D eigenvalue weighted by molar-refractivity contribution is 7.11. The van der Waals surface area contributed by atoms with Crippen LogP contribution in [0.2, 0.25) is 0 Å². The van der Waals surface area contributed by atoms with Gasteiger partial charge in [-0.3, -0.25) is 0 Å². The maximum Gasteiger partial charge on any atom is 0.317 e. The summed E-state index contributed by atoms with van der Waals surface area (Å²) in [6.45, 7) is 9.45. The molecule has 0 radical (unpaired) electrons. The van der Waals surface area contributed by atoms with E-state index in [-0.39, 0.29) is 6.03 Å². The van der Waals surface area contributed by atoms with Crippen molar-refractivity contribution in [2.45, 2.75) is 26.8 Å². The lowest BCUT2D eigenvalue weighted by atomic mass is 10.3. The Morgan fingerprint density at radius 3 is 2.68 bits per heavy atom. The summed E-state index contributed by atoms with van der Waals surface area (Å²) in [4.78, 5) is 21.8. The van der Waals surface area contributed by atoms with Crippen molar-refractivity contribution in [3.8, 4) is 0 Å². The van der Waals surface area contributed by atoms with Gasteiger partial charge >= 0.3 is 6.03 Å². The van der Waals surface area contributed by atoms with Crippen molar-refractivity contribution in [1.82, 2.24) is 20.1 Å². The van der Waals surface area contributed by atoms with Crippen LogP contribution in [-0.2, 0) is 13.0 Å². The average Bonchev–Trinajstić information content (AvgIpc) is 2.93. The van der Waals surface area contributed by atoms with Gasteiger partial charge < -0.3 is 15.1 Å². The van der Waals surface area contributed by atoms with Crippen LogP contribution in [0.3, 0.4) is 0 Å². The number of likely N-dealkylation sites (N-methyl/N-ethyl adjacent to an activating group) is 1. The van der Waals surface area contributed by atoms with Gasteiger partial charge in [-0.2, -0.15) is 0 Å². The van der Waals surface area contributed by atoms with Crippen molar-refractivity contribution < 1.29 is 4.79 Å². The number of nitrogens with zero attached hydrogens (tertiary/aromatic N) is 3. The van der Waals surface area contributed by atoms with E-state index in [1.807, 2.05) is 11.1 Å². The Hall–Kier alpha value is -1.14. The van der Waals surface area contributed by atoms with Crippen LogP contribution in [0.5, 0.6) is 0 Å². The smallest absolute Gasteiger partial charge is 0.317 e. The van der Waals surface area contributed by atoms with E-state index in [0.29, 0.717) is 6.54 Å². The van der Waals surface area contributed by atoms with Crippen LogP contribution in [0.4, 0.5) is 4.79 Å². The number of aromatic nitrogens is 1. The van der Waals surface area contributed by atoms with Crippen LogP contribution in [0.15, 0.2) is 6.20 Å². The van der Waals surface area contributed by atoms with E-state index in [4.69, 9.17) is 0 Å². The van der Waals surface area contributed by atoms with Gasteiger partial charge in [0.15, 0.2) is 0 Å². The molecule has 1 fully saturated rings. The number of urea groups is 1. The normalized spacial score (nSPS) is 16.6. The molecule has 19 heavy (non-hydrogen) atoms. The molecule has 0 saturated carbocycles. The van der Waals surface area contributed by atoms with Gasteiger partial charge in [0.25, 0.3) is 0 Å². The number of hydrogen-bond donors (Lipinski definition) is 1. The summed E-state index contributed by atoms with van der Waals surface area (Å²) in [6.07, 6.45) is 2.90. The standard InChI is InChI=1S/C13H22N4OS/c1-3-11-9-14-12(19-11)10-15-13(18)17-7-5-16(4-2)6-8-17/h9H,3-8,10H2,1-2H3,(H,15,18). The largest absolute Gasteiger partial charge is 0.331 e. The van der Waals surface area contributed by atoms with E-state index >= 15 is 0 Å². The number of hydrogen-bond acceptors (Lipinski definition) is 4. The number of rotatable bonds is 4. The second-order valence-electron chi connectivity index (χ2n) is 4.65. The molecule has 0 spiro atoms. The van der Waals surface area contributed by atoms with Crippen molar-refractivity contribution in [2.24, 2.45) is 0 Å². The minimum atomic E-state index is 0.0315. The fourth-order valence-electron chi connectivity index (χ4n) is 2.12. The topological polar surface area (TPSA) is 48.5 Å². The van der Waals surface area contributed by atoms with Crippen molar-refractivity contribution in [3.05, 3.63) is 16.1 Å². The minimum absolute atomic E-state index is 0.0315. The highest BCUT2D eigenvalue weighted by atomic mass is 32.1. The van der Waals surface area contributed by atoms with Crippen LogP contribution in [0.25, 0.3) is 0 Å². The fraction of sp³-hybridized carbons (Fsp3) is 0.692. The number of nitrogens with one attached hydrogen (secondary N) is 1. The lowest BCUT2D eigenvalue weighted by molar-refractivity contribution is 0.142. The van der Waals surface area contributed by atoms with Crippen LogP contribution in [0, 0.1) is 0 Å². The van der Waals surface area contributed by atoms with Crippen molar-refractivity contribution in [3.63, 3.8) is 0 Å². The first-order valence-electron chi connectivity index (χ1n) is 6.91. The van der Waals surface area contributed by atoms with Crippen LogP contribution >= 0.6 is 11.3 Å². The summed E-state index contributed by atoms with van der Waals surface area (Å²) >= 11 is 1.67. The number of carbonyl (C=O) groups excluding carboxylic acids is 1. The van der Waals surface area contributed by atoms with E-state index in [1.165, 1.54) is 4.88 Å². The Morgan fingerprint density at radius 2 is 2.11 bits per heavy atom. The van der Waals surface area contributed by atoms with Crippen LogP contribution in [0.1, 0.15) is 23.7 Å². The van der Waals surface area contributed by atoms with E-state index < -0.39 is 0 Å². The summed E-state index contributed by atoms with van der Waals surface area (Å²) in [6, 6.07) is 0.0315. The maximum atomic E-state index is 12.0. The second kappa shape index (κ2) is 6.86. The Bertz CT molecular complexity index is 413. The molecular weight excluding hydrogens is 260 g/mol. The van der Waals surface area contributed by atoms with Gasteiger partial charge in [0.1, 0.15) is 5.01 Å². The third-order valence-electron chi connectivity index (χ3n) is 3.45. The molecule has 2 amide bonds. The number of carbonyl (C=O) groups is 1. The summed E-state index contributed by atoms with van der Waals surface area (Å²) in [5.41, 5.74) is 0. The molecule has 0 bridgehead atoms. The zero-order valence-corrected chi connectivity index (χ0v) is 12.5. The van der Waals surface area contributed by atoms with E-state index in [9.17, 15) is 4.79 Å². The van der Waals surface area contributed by atoms with Gasteiger partial charge in [-0.1, -0.05) is 13.8 Å². The molecule has 6 heteroatoms. The third-order valence-corrected chi connectivity index (χ3v) is 4.59. The Labute approximate surface area is 118 Å². The lowest BCUT2D eigenvalue weighted by Crippen LogP contribution is -2.51. The molecule has 1 saturated heterocycles. The van der Waals surface area contributed by atoms with Gasteiger partial charge in [0.05, 0.1) is 6.54 Å². The molecule has 106 valence electrons. The molecule has 2 rings (SSSR count). The zero-order valence-electron chi connectivity index (χ0n) is 11.7. The summed E-state index contributed by atoms with van der Waals surface area (Å²) in [5, 5.41) is 3.94. The number of thiazole rings is 1. The average molecular weight is 282 g/mol. The summed E-state index contributed by atoms with van der Waals surface area (Å²) < 4.78 is 0. The molecular formula is C13H22N4OS. The predicted octanol–water partition coefficient (Wildman–Crippen LogP) is 1.55. The minimum Gasteiger partial charge on any atom is -0.331 e. The van der Waals surface area contributed by atoms with Gasteiger partial charge in [0, 0.05) is 37.3 Å². The first-order valence-corrected chi connectivity index (χ1v) is 7.73. The molecule has 0 aliphatic carbocycles. The van der Waals surface area contributed by atoms with E-state index in [0.717, 1.165) is 44.2 Å². The SMILES string of the molecule is CCc1cnc(CNC(=O)N2CCN(CC)CC2)s1. The molecule has 1 aromatic heterocycles. The number of aryl methyl sites for hydroxylation is 1. The Balaban J connectivity index is 1.75. The Kier molecular flexibility index (Phi) is 5.15. The van der Waals surface area contributed by atoms with Gasteiger partial charge in [0.2, 0.25) is 0 Å². The monoisotopic (exact) mass is 282 g/mol. The van der Waals surface area contributed by atoms with E-state index in [2.05, 4.69) is 29.0 Å². The lowest BCUT2D eigenvalue weighted by Gasteiger charge is -2.33. The molecule has 5 nitrogen and oxygen atoms in total. The quantitative estimate of drug-likeness (QED) is 0.911. The molecule has 0 aromatic carbocycles. The highest BCUT2D eigenvalue weighted by Crippen LogP contribution is 2.13. The second-order valence-corrected chi connectivity index (χ2v) is 5.85. The van der Waals surface area contributed by atoms with Crippen LogP contribution < -0.4 is 5.32 Å². The fourth-order valence-corrected chi connectivity index (χ4v) is 2.93. The molecule has 1 aliphatic rings. The first-order chi connectivity index (χ1) is 9.22. The van der Waals surface area contributed by atoms with E-state index in [1.54, 1.807) is 11.3 Å². The summed E-state index contributed by atoms with van der Waals surface area (Å²) in [7, 11) is 0. The van der Waals surface area contributed by atoms with Crippen molar-refractivity contribution in [1.29, 1.82) is 0 Å². The first kappa shape index (κ1) is 14.3. The molecule has 0 unspecified atom stereocenters. The Morgan fingerprint density at radius 1 is 1.37 bits per heavy atom. The molecule has 0 atom stereocenters. The van der Waals surface area contributed by atoms with Crippen LogP contribution in [-0.4, -0.2) is 53.5 Å². The molecule has 2 heterocycles. The summed E-state index contributed by atoms with van der Waals surface area (Å²) in [5.74, 6) is 0. The van der Waals surface area contributed by atoms with Crippen molar-refractivity contribution >= 4 is 17.4 Å². The molecule has 1 N–H and O–H groups in total. The van der Waals surface area contributed by atoms with Crippen molar-refractivity contribution in [2.75, 3.05) is 32.7 Å². The van der Waals surface area contributed by atoms with Gasteiger partial charge in [-0.15, -0.1) is 11.3 Å². The highest BCUT2D eigenvalue weighted by Gasteiger charge is 2.19. The third kappa shape index (κ3) is 3.91. The zero-order chi connectivity index (χ0) is 13.7. The molecule has 1 aromatic rings.